The molecule has 1 fully saturated rings. The second-order valence-electron chi connectivity index (χ2n) is 4.44. The van der Waals surface area contributed by atoms with E-state index in [1.807, 2.05) is 42.1 Å². The van der Waals surface area contributed by atoms with Gasteiger partial charge >= 0.3 is 0 Å². The van der Waals surface area contributed by atoms with Crippen molar-refractivity contribution in [2.24, 2.45) is 5.92 Å². The first kappa shape index (κ1) is 13.0. The van der Waals surface area contributed by atoms with E-state index < -0.39 is 5.92 Å². The molecule has 1 N–H and O–H groups in total. The minimum absolute atomic E-state index is 0.131. The molecular formula is C14H16N2OS. The van der Waals surface area contributed by atoms with Crippen LogP contribution in [0.25, 0.3) is 0 Å². The lowest BCUT2D eigenvalue weighted by atomic mass is 9.99. The predicted molar refractivity (Wildman–Crippen MR) is 73.1 cm³/mol. The second-order valence-corrected chi connectivity index (χ2v) is 5.59. The first-order valence-corrected chi connectivity index (χ1v) is 7.26. The molecule has 0 bridgehead atoms. The first-order chi connectivity index (χ1) is 8.79. The van der Waals surface area contributed by atoms with Crippen molar-refractivity contribution in [2.75, 3.05) is 11.5 Å². The van der Waals surface area contributed by atoms with Gasteiger partial charge in [-0.2, -0.15) is 17.0 Å². The topological polar surface area (TPSA) is 52.9 Å². The van der Waals surface area contributed by atoms with Gasteiger partial charge in [-0.1, -0.05) is 30.3 Å². The molecule has 1 heterocycles. The molecule has 18 heavy (non-hydrogen) atoms. The van der Waals surface area contributed by atoms with Crippen LogP contribution in [0, 0.1) is 17.2 Å². The Kier molecular flexibility index (Phi) is 4.66. The zero-order valence-electron chi connectivity index (χ0n) is 10.1. The lowest BCUT2D eigenvalue weighted by molar-refractivity contribution is -0.123. The maximum Gasteiger partial charge on any atom is 0.237 e. The Morgan fingerprint density at radius 1 is 1.50 bits per heavy atom. The Morgan fingerprint density at radius 2 is 2.28 bits per heavy atom. The zero-order chi connectivity index (χ0) is 12.8. The predicted octanol–water partition coefficient (Wildman–Crippen LogP) is 1.99. The van der Waals surface area contributed by atoms with Gasteiger partial charge in [0.15, 0.2) is 0 Å². The summed E-state index contributed by atoms with van der Waals surface area (Å²) in [6.45, 7) is 0. The Labute approximate surface area is 112 Å². The molecule has 0 aromatic heterocycles. The number of nitrogens with zero attached hydrogens (tertiary/aromatic N) is 1. The van der Waals surface area contributed by atoms with E-state index in [2.05, 4.69) is 11.4 Å². The number of thioether (sulfide) groups is 1. The Balaban J connectivity index is 1.92. The largest absolute Gasteiger partial charge is 0.351 e. The van der Waals surface area contributed by atoms with Crippen LogP contribution in [-0.4, -0.2) is 23.5 Å². The summed E-state index contributed by atoms with van der Waals surface area (Å²) in [5.41, 5.74) is 1.03. The Bertz CT molecular complexity index is 435. The number of carbonyl (C=O) groups excluding carboxylic acids is 1. The Hall–Kier alpha value is -1.47. The van der Waals surface area contributed by atoms with Crippen molar-refractivity contribution >= 4 is 17.7 Å². The third-order valence-corrected chi connectivity index (χ3v) is 4.19. The normalized spacial score (nSPS) is 20.1. The van der Waals surface area contributed by atoms with Gasteiger partial charge in [0.05, 0.1) is 6.07 Å². The van der Waals surface area contributed by atoms with Crippen molar-refractivity contribution in [3.63, 3.8) is 0 Å². The van der Waals surface area contributed by atoms with E-state index in [1.165, 1.54) is 0 Å². The average molecular weight is 260 g/mol. The SMILES string of the molecule is N#CC(Cc1ccccc1)C(=O)NC1CCSC1. The van der Waals surface area contributed by atoms with Crippen molar-refractivity contribution in [3.05, 3.63) is 35.9 Å². The van der Waals surface area contributed by atoms with Crippen LogP contribution >= 0.6 is 11.8 Å². The van der Waals surface area contributed by atoms with E-state index in [0.717, 1.165) is 23.5 Å². The Morgan fingerprint density at radius 3 is 2.89 bits per heavy atom. The van der Waals surface area contributed by atoms with Gasteiger partial charge in [-0.3, -0.25) is 4.79 Å². The van der Waals surface area contributed by atoms with Crippen LogP contribution in [0.4, 0.5) is 0 Å². The van der Waals surface area contributed by atoms with E-state index in [-0.39, 0.29) is 11.9 Å². The van der Waals surface area contributed by atoms with Gasteiger partial charge in [-0.25, -0.2) is 0 Å². The molecule has 0 spiro atoms. The molecular weight excluding hydrogens is 244 g/mol. The maximum atomic E-state index is 12.0. The van der Waals surface area contributed by atoms with Crippen molar-refractivity contribution in [2.45, 2.75) is 18.9 Å². The number of amides is 1. The van der Waals surface area contributed by atoms with Crippen molar-refractivity contribution in [1.29, 1.82) is 5.26 Å². The van der Waals surface area contributed by atoms with Crippen molar-refractivity contribution in [3.8, 4) is 6.07 Å². The van der Waals surface area contributed by atoms with E-state index in [1.54, 1.807) is 0 Å². The van der Waals surface area contributed by atoms with Gasteiger partial charge in [0.1, 0.15) is 5.92 Å². The summed E-state index contributed by atoms with van der Waals surface area (Å²) in [6, 6.07) is 12.0. The molecule has 0 aliphatic carbocycles. The molecule has 2 atom stereocenters. The molecule has 0 saturated carbocycles. The fraction of sp³-hybridized carbons (Fsp3) is 0.429. The first-order valence-electron chi connectivity index (χ1n) is 6.11. The van der Waals surface area contributed by atoms with Crippen molar-refractivity contribution < 1.29 is 4.79 Å². The minimum Gasteiger partial charge on any atom is -0.351 e. The number of benzene rings is 1. The summed E-state index contributed by atoms with van der Waals surface area (Å²) >= 11 is 1.85. The third-order valence-electron chi connectivity index (χ3n) is 3.03. The highest BCUT2D eigenvalue weighted by Crippen LogP contribution is 2.18. The number of nitriles is 1. The lowest BCUT2D eigenvalue weighted by Crippen LogP contribution is -2.39. The highest BCUT2D eigenvalue weighted by Gasteiger charge is 2.23. The molecule has 1 amide bonds. The van der Waals surface area contributed by atoms with Crippen LogP contribution in [0.15, 0.2) is 30.3 Å². The molecule has 4 heteroatoms. The van der Waals surface area contributed by atoms with Gasteiger partial charge in [0.2, 0.25) is 5.91 Å². The number of hydrogen-bond acceptors (Lipinski definition) is 3. The van der Waals surface area contributed by atoms with E-state index in [4.69, 9.17) is 5.26 Å². The molecule has 3 nitrogen and oxygen atoms in total. The van der Waals surface area contributed by atoms with Crippen LogP contribution in [0.2, 0.25) is 0 Å². The molecule has 0 radical (unpaired) electrons. The fourth-order valence-electron chi connectivity index (χ4n) is 2.00. The zero-order valence-corrected chi connectivity index (χ0v) is 11.0. The fourth-order valence-corrected chi connectivity index (χ4v) is 3.15. The standard InChI is InChI=1S/C14H16N2OS/c15-9-12(8-11-4-2-1-3-5-11)14(17)16-13-6-7-18-10-13/h1-5,12-13H,6-8,10H2,(H,16,17). The quantitative estimate of drug-likeness (QED) is 0.900. The monoisotopic (exact) mass is 260 g/mol. The summed E-state index contributed by atoms with van der Waals surface area (Å²) < 4.78 is 0. The van der Waals surface area contributed by atoms with Crippen LogP contribution in [-0.2, 0) is 11.2 Å². The van der Waals surface area contributed by atoms with Gasteiger partial charge in [0.25, 0.3) is 0 Å². The smallest absolute Gasteiger partial charge is 0.237 e. The third kappa shape index (κ3) is 3.51. The highest BCUT2D eigenvalue weighted by atomic mass is 32.2. The van der Waals surface area contributed by atoms with Gasteiger partial charge < -0.3 is 5.32 Å². The summed E-state index contributed by atoms with van der Waals surface area (Å²) in [5, 5.41) is 12.1. The van der Waals surface area contributed by atoms with Gasteiger partial charge in [0, 0.05) is 11.8 Å². The molecule has 2 rings (SSSR count). The molecule has 1 aromatic carbocycles. The van der Waals surface area contributed by atoms with E-state index in [9.17, 15) is 4.79 Å². The maximum absolute atomic E-state index is 12.0. The number of carbonyl (C=O) groups is 1. The molecule has 1 aliphatic heterocycles. The van der Waals surface area contributed by atoms with Crippen LogP contribution in [0.1, 0.15) is 12.0 Å². The van der Waals surface area contributed by atoms with Crippen LogP contribution in [0.3, 0.4) is 0 Å². The average Bonchev–Trinajstić information content (AvgIpc) is 2.90. The summed E-state index contributed by atoms with van der Waals surface area (Å²) in [5.74, 6) is 1.35. The summed E-state index contributed by atoms with van der Waals surface area (Å²) in [6.07, 6.45) is 1.50. The van der Waals surface area contributed by atoms with Gasteiger partial charge in [-0.15, -0.1) is 0 Å². The van der Waals surface area contributed by atoms with Crippen molar-refractivity contribution in [1.82, 2.24) is 5.32 Å². The summed E-state index contributed by atoms with van der Waals surface area (Å²) in [4.78, 5) is 12.0. The number of hydrogen-bond donors (Lipinski definition) is 1. The highest BCUT2D eigenvalue weighted by molar-refractivity contribution is 7.99. The van der Waals surface area contributed by atoms with Crippen LogP contribution in [0.5, 0.6) is 0 Å². The van der Waals surface area contributed by atoms with E-state index in [0.29, 0.717) is 6.42 Å². The van der Waals surface area contributed by atoms with E-state index >= 15 is 0 Å². The number of nitrogens with one attached hydrogen (secondary N) is 1. The van der Waals surface area contributed by atoms with Crippen LogP contribution < -0.4 is 5.32 Å². The minimum atomic E-state index is -0.585. The molecule has 2 unspecified atom stereocenters. The molecule has 1 aromatic rings. The molecule has 94 valence electrons. The second kappa shape index (κ2) is 6.46. The van der Waals surface area contributed by atoms with Gasteiger partial charge in [-0.05, 0) is 24.2 Å². The summed E-state index contributed by atoms with van der Waals surface area (Å²) in [7, 11) is 0. The lowest BCUT2D eigenvalue weighted by Gasteiger charge is -2.14. The number of rotatable bonds is 4. The molecule has 1 saturated heterocycles. The molecule has 1 aliphatic rings.